The Labute approximate surface area is 163 Å². The van der Waals surface area contributed by atoms with Gasteiger partial charge in [0.2, 0.25) is 5.91 Å². The summed E-state index contributed by atoms with van der Waals surface area (Å²) in [7, 11) is 3.50. The van der Waals surface area contributed by atoms with Crippen LogP contribution in [0, 0.1) is 12.8 Å². The quantitative estimate of drug-likeness (QED) is 0.515. The number of carbonyl (C=O) groups is 1. The van der Waals surface area contributed by atoms with E-state index in [0.717, 1.165) is 24.3 Å². The van der Waals surface area contributed by atoms with E-state index >= 15 is 0 Å². The van der Waals surface area contributed by atoms with Crippen molar-refractivity contribution in [3.8, 4) is 5.75 Å². The van der Waals surface area contributed by atoms with Gasteiger partial charge in [0.15, 0.2) is 5.96 Å². The smallest absolute Gasteiger partial charge is 0.241 e. The number of aliphatic imine (C=N–C) groups is 1. The van der Waals surface area contributed by atoms with Crippen LogP contribution in [0.3, 0.4) is 0 Å². The second-order valence-electron chi connectivity index (χ2n) is 7.63. The number of carbonyl (C=O) groups excluding carboxylic acids is 1. The minimum Gasteiger partial charge on any atom is -0.493 e. The molecule has 0 spiro atoms. The number of aryl methyl sites for hydroxylation is 1. The number of hydrogen-bond acceptors (Lipinski definition) is 3. The molecule has 0 saturated heterocycles. The number of nitrogens with zero attached hydrogens (tertiary/aromatic N) is 2. The van der Waals surface area contributed by atoms with E-state index in [4.69, 9.17) is 4.74 Å². The molecule has 2 rings (SSSR count). The average molecular weight is 375 g/mol. The van der Waals surface area contributed by atoms with Crippen molar-refractivity contribution in [3.05, 3.63) is 29.3 Å². The number of nitrogens with one attached hydrogen (secondary N) is 2. The lowest BCUT2D eigenvalue weighted by Gasteiger charge is -2.18. The molecule has 150 valence electrons. The molecule has 0 aromatic heterocycles. The number of likely N-dealkylation sites (N-methyl/N-ethyl adjacent to an activating group) is 1. The molecule has 1 aliphatic rings. The molecule has 0 aliphatic heterocycles. The third kappa shape index (κ3) is 7.49. The van der Waals surface area contributed by atoms with Crippen LogP contribution >= 0.6 is 0 Å². The van der Waals surface area contributed by atoms with Crippen LogP contribution in [-0.4, -0.2) is 50.1 Å². The van der Waals surface area contributed by atoms with Crippen molar-refractivity contribution < 1.29 is 9.53 Å². The summed E-state index contributed by atoms with van der Waals surface area (Å²) in [6.07, 6.45) is 3.51. The molecule has 27 heavy (non-hydrogen) atoms. The van der Waals surface area contributed by atoms with Crippen LogP contribution in [0.25, 0.3) is 0 Å². The van der Waals surface area contributed by atoms with Crippen molar-refractivity contribution in [2.24, 2.45) is 10.9 Å². The number of guanidine groups is 1. The maximum atomic E-state index is 11.9. The first-order valence-corrected chi connectivity index (χ1v) is 9.86. The second kappa shape index (κ2) is 10.2. The highest BCUT2D eigenvalue weighted by Crippen LogP contribution is 2.30. The molecule has 1 atom stereocenters. The SMILES string of the molecule is CCC(C)NC(=NCc1ccc(C)cc1OCC1CC1)NCC(=O)N(C)C. The van der Waals surface area contributed by atoms with Gasteiger partial charge < -0.3 is 20.3 Å². The summed E-state index contributed by atoms with van der Waals surface area (Å²) >= 11 is 0. The van der Waals surface area contributed by atoms with Gasteiger partial charge in [0.1, 0.15) is 5.75 Å². The van der Waals surface area contributed by atoms with Crippen molar-refractivity contribution in [1.29, 1.82) is 0 Å². The largest absolute Gasteiger partial charge is 0.493 e. The van der Waals surface area contributed by atoms with E-state index in [2.05, 4.69) is 54.6 Å². The molecule has 6 heteroatoms. The van der Waals surface area contributed by atoms with Gasteiger partial charge in [0, 0.05) is 25.7 Å². The molecule has 1 aromatic carbocycles. The summed E-state index contributed by atoms with van der Waals surface area (Å²) < 4.78 is 6.04. The van der Waals surface area contributed by atoms with Crippen LogP contribution in [0.5, 0.6) is 5.75 Å². The Hall–Kier alpha value is -2.24. The van der Waals surface area contributed by atoms with Gasteiger partial charge in [0.05, 0.1) is 19.7 Å². The highest BCUT2D eigenvalue weighted by Gasteiger charge is 2.22. The lowest BCUT2D eigenvalue weighted by Crippen LogP contribution is -2.45. The fourth-order valence-corrected chi connectivity index (χ4v) is 2.39. The highest BCUT2D eigenvalue weighted by atomic mass is 16.5. The van der Waals surface area contributed by atoms with Crippen LogP contribution in [0.2, 0.25) is 0 Å². The topological polar surface area (TPSA) is 66.0 Å². The summed E-state index contributed by atoms with van der Waals surface area (Å²) in [5.74, 6) is 2.28. The average Bonchev–Trinajstić information content (AvgIpc) is 3.46. The fourth-order valence-electron chi connectivity index (χ4n) is 2.39. The minimum atomic E-state index is 0.0115. The van der Waals surface area contributed by atoms with Gasteiger partial charge in [-0.3, -0.25) is 4.79 Å². The third-order valence-electron chi connectivity index (χ3n) is 4.70. The van der Waals surface area contributed by atoms with Crippen LogP contribution in [0.4, 0.5) is 0 Å². The summed E-state index contributed by atoms with van der Waals surface area (Å²) in [4.78, 5) is 18.1. The normalized spacial score (nSPS) is 15.2. The predicted molar refractivity (Wildman–Crippen MR) is 110 cm³/mol. The van der Waals surface area contributed by atoms with E-state index in [1.807, 2.05) is 0 Å². The molecule has 1 unspecified atom stereocenters. The van der Waals surface area contributed by atoms with E-state index in [9.17, 15) is 4.79 Å². The molecule has 1 amide bonds. The summed E-state index contributed by atoms with van der Waals surface area (Å²) in [6.45, 7) is 7.79. The minimum absolute atomic E-state index is 0.0115. The lowest BCUT2D eigenvalue weighted by atomic mass is 10.1. The number of hydrogen-bond donors (Lipinski definition) is 2. The number of amides is 1. The van der Waals surface area contributed by atoms with E-state index in [-0.39, 0.29) is 18.5 Å². The van der Waals surface area contributed by atoms with Crippen molar-refractivity contribution in [1.82, 2.24) is 15.5 Å². The lowest BCUT2D eigenvalue weighted by molar-refractivity contribution is -0.127. The van der Waals surface area contributed by atoms with Crippen LogP contribution in [0.15, 0.2) is 23.2 Å². The molecule has 1 fully saturated rings. The van der Waals surface area contributed by atoms with Gasteiger partial charge in [0.25, 0.3) is 0 Å². The van der Waals surface area contributed by atoms with Crippen molar-refractivity contribution in [3.63, 3.8) is 0 Å². The molecule has 2 N–H and O–H groups in total. The zero-order valence-corrected chi connectivity index (χ0v) is 17.3. The summed E-state index contributed by atoms with van der Waals surface area (Å²) in [6, 6.07) is 6.51. The van der Waals surface area contributed by atoms with Crippen molar-refractivity contribution in [2.45, 2.75) is 52.6 Å². The van der Waals surface area contributed by atoms with Crippen LogP contribution in [-0.2, 0) is 11.3 Å². The number of benzene rings is 1. The molecule has 0 radical (unpaired) electrons. The Morgan fingerprint density at radius 1 is 1.37 bits per heavy atom. The molecular weight excluding hydrogens is 340 g/mol. The van der Waals surface area contributed by atoms with Gasteiger partial charge in [-0.2, -0.15) is 0 Å². The van der Waals surface area contributed by atoms with E-state index in [1.54, 1.807) is 19.0 Å². The van der Waals surface area contributed by atoms with Gasteiger partial charge >= 0.3 is 0 Å². The second-order valence-corrected chi connectivity index (χ2v) is 7.63. The maximum Gasteiger partial charge on any atom is 0.241 e. The molecule has 1 aliphatic carbocycles. The Morgan fingerprint density at radius 3 is 2.74 bits per heavy atom. The fraction of sp³-hybridized carbons (Fsp3) is 0.619. The van der Waals surface area contributed by atoms with E-state index in [1.165, 1.54) is 18.4 Å². The van der Waals surface area contributed by atoms with Crippen molar-refractivity contribution >= 4 is 11.9 Å². The predicted octanol–water partition coefficient (Wildman–Crippen LogP) is 2.71. The molecule has 1 aromatic rings. The van der Waals surface area contributed by atoms with E-state index in [0.29, 0.717) is 18.4 Å². The molecule has 6 nitrogen and oxygen atoms in total. The molecular formula is C21H34N4O2. The monoisotopic (exact) mass is 374 g/mol. The Morgan fingerprint density at radius 2 is 2.11 bits per heavy atom. The van der Waals surface area contributed by atoms with Gasteiger partial charge in [-0.05, 0) is 50.7 Å². The molecule has 0 heterocycles. The standard InChI is InChI=1S/C21H34N4O2/c1-6-16(3)24-21(23-13-20(26)25(4)5)22-12-18-10-7-15(2)11-19(18)27-14-17-8-9-17/h7,10-11,16-17H,6,8-9,12-14H2,1-5H3,(H2,22,23,24). The van der Waals surface area contributed by atoms with Gasteiger partial charge in [-0.25, -0.2) is 4.99 Å². The highest BCUT2D eigenvalue weighted by molar-refractivity contribution is 5.86. The summed E-state index contributed by atoms with van der Waals surface area (Å²) in [5.41, 5.74) is 2.24. The summed E-state index contributed by atoms with van der Waals surface area (Å²) in [5, 5.41) is 6.48. The van der Waals surface area contributed by atoms with Crippen LogP contribution in [0.1, 0.15) is 44.2 Å². The van der Waals surface area contributed by atoms with Crippen molar-refractivity contribution in [2.75, 3.05) is 27.2 Å². The van der Waals surface area contributed by atoms with E-state index < -0.39 is 0 Å². The third-order valence-corrected chi connectivity index (χ3v) is 4.70. The first-order valence-electron chi connectivity index (χ1n) is 9.86. The Bertz CT molecular complexity index is 654. The molecule has 0 bridgehead atoms. The first-order chi connectivity index (χ1) is 12.9. The maximum absolute atomic E-state index is 11.9. The first kappa shape index (κ1) is 21.1. The number of ether oxygens (including phenoxy) is 1. The zero-order chi connectivity index (χ0) is 19.8. The number of rotatable bonds is 9. The van der Waals surface area contributed by atoms with Gasteiger partial charge in [-0.15, -0.1) is 0 Å². The molecule has 1 saturated carbocycles. The van der Waals surface area contributed by atoms with Gasteiger partial charge in [-0.1, -0.05) is 19.1 Å². The Balaban J connectivity index is 2.06. The van der Waals surface area contributed by atoms with Crippen LogP contribution < -0.4 is 15.4 Å². The zero-order valence-electron chi connectivity index (χ0n) is 17.3. The Kier molecular flexibility index (Phi) is 7.95.